The Kier molecular flexibility index (Phi) is 4.86. The van der Waals surface area contributed by atoms with E-state index in [9.17, 15) is 4.79 Å². The molecule has 0 unspecified atom stereocenters. The number of carbonyl (C=O) groups excluding carboxylic acids is 1. The Morgan fingerprint density at radius 2 is 2.05 bits per heavy atom. The molecule has 0 radical (unpaired) electrons. The van der Waals surface area contributed by atoms with Gasteiger partial charge in [-0.1, -0.05) is 6.92 Å². The fourth-order valence-corrected chi connectivity index (χ4v) is 2.62. The van der Waals surface area contributed by atoms with E-state index < -0.39 is 5.60 Å². The molecule has 21 heavy (non-hydrogen) atoms. The fraction of sp³-hybridized carbons (Fsp3) is 0.647. The van der Waals surface area contributed by atoms with E-state index in [1.54, 1.807) is 0 Å². The van der Waals surface area contributed by atoms with E-state index in [2.05, 4.69) is 24.0 Å². The summed E-state index contributed by atoms with van der Waals surface area (Å²) in [6.07, 6.45) is 4.65. The smallest absolute Gasteiger partial charge is 0.410 e. The number of hydrogen-bond acceptors (Lipinski definition) is 3. The Bertz CT molecular complexity index is 486. The van der Waals surface area contributed by atoms with Crippen LogP contribution < -0.4 is 0 Å². The van der Waals surface area contributed by atoms with Gasteiger partial charge in [-0.15, -0.1) is 0 Å². The van der Waals surface area contributed by atoms with Gasteiger partial charge >= 0.3 is 6.09 Å². The molecule has 2 rings (SSSR count). The van der Waals surface area contributed by atoms with E-state index in [4.69, 9.17) is 4.74 Å². The Morgan fingerprint density at radius 1 is 1.38 bits per heavy atom. The quantitative estimate of drug-likeness (QED) is 0.833. The molecule has 1 aromatic rings. The SMILES string of the molecule is CCc1ccnc(C2CCN(C(=O)OC(C)(C)C)CC2)c1. The van der Waals surface area contributed by atoms with Gasteiger partial charge in [-0.2, -0.15) is 0 Å². The summed E-state index contributed by atoms with van der Waals surface area (Å²) in [5.41, 5.74) is 2.07. The first-order valence-corrected chi connectivity index (χ1v) is 7.82. The van der Waals surface area contributed by atoms with E-state index in [0.29, 0.717) is 5.92 Å². The van der Waals surface area contributed by atoms with Gasteiger partial charge in [-0.25, -0.2) is 4.79 Å². The second-order valence-electron chi connectivity index (χ2n) is 6.68. The van der Waals surface area contributed by atoms with Crippen molar-refractivity contribution in [2.45, 2.75) is 58.5 Å². The zero-order chi connectivity index (χ0) is 15.5. The van der Waals surface area contributed by atoms with Crippen molar-refractivity contribution in [3.63, 3.8) is 0 Å². The van der Waals surface area contributed by atoms with Crippen molar-refractivity contribution >= 4 is 6.09 Å². The fourth-order valence-electron chi connectivity index (χ4n) is 2.62. The Labute approximate surface area is 127 Å². The summed E-state index contributed by atoms with van der Waals surface area (Å²) >= 11 is 0. The van der Waals surface area contributed by atoms with Crippen molar-refractivity contribution in [3.05, 3.63) is 29.6 Å². The zero-order valence-electron chi connectivity index (χ0n) is 13.6. The number of likely N-dealkylation sites (tertiary alicyclic amines) is 1. The van der Waals surface area contributed by atoms with Gasteiger partial charge in [-0.3, -0.25) is 4.98 Å². The summed E-state index contributed by atoms with van der Waals surface area (Å²) in [7, 11) is 0. The Balaban J connectivity index is 1.92. The Morgan fingerprint density at radius 3 is 2.62 bits per heavy atom. The predicted octanol–water partition coefficient (Wildman–Crippen LogP) is 3.76. The van der Waals surface area contributed by atoms with Crippen LogP contribution in [0.2, 0.25) is 0 Å². The largest absolute Gasteiger partial charge is 0.444 e. The van der Waals surface area contributed by atoms with Crippen molar-refractivity contribution in [1.29, 1.82) is 0 Å². The summed E-state index contributed by atoms with van der Waals surface area (Å²) in [5, 5.41) is 0. The van der Waals surface area contributed by atoms with E-state index in [1.165, 1.54) is 5.56 Å². The molecule has 0 N–H and O–H groups in total. The summed E-state index contributed by atoms with van der Waals surface area (Å²) in [5.74, 6) is 0.454. The molecule has 0 bridgehead atoms. The van der Waals surface area contributed by atoms with Crippen LogP contribution >= 0.6 is 0 Å². The molecular formula is C17H26N2O2. The lowest BCUT2D eigenvalue weighted by molar-refractivity contribution is 0.0204. The summed E-state index contributed by atoms with van der Waals surface area (Å²) in [4.78, 5) is 18.4. The van der Waals surface area contributed by atoms with E-state index in [1.807, 2.05) is 31.9 Å². The third kappa shape index (κ3) is 4.45. The van der Waals surface area contributed by atoms with Gasteiger partial charge in [0, 0.05) is 30.9 Å². The second-order valence-corrected chi connectivity index (χ2v) is 6.68. The van der Waals surface area contributed by atoms with Gasteiger partial charge in [0.15, 0.2) is 0 Å². The molecule has 0 aromatic carbocycles. The van der Waals surface area contributed by atoms with Gasteiger partial charge in [0.1, 0.15) is 5.60 Å². The first-order valence-electron chi connectivity index (χ1n) is 7.82. The molecule has 1 aromatic heterocycles. The minimum atomic E-state index is -0.426. The maximum Gasteiger partial charge on any atom is 0.410 e. The maximum atomic E-state index is 12.0. The third-order valence-electron chi connectivity index (χ3n) is 3.82. The number of pyridine rings is 1. The van der Waals surface area contributed by atoms with E-state index in [0.717, 1.165) is 38.0 Å². The number of aromatic nitrogens is 1. The van der Waals surface area contributed by atoms with Crippen molar-refractivity contribution in [3.8, 4) is 0 Å². The standard InChI is InChI=1S/C17H26N2O2/c1-5-13-6-9-18-15(12-13)14-7-10-19(11-8-14)16(20)21-17(2,3)4/h6,9,12,14H,5,7-8,10-11H2,1-4H3. The molecular weight excluding hydrogens is 264 g/mol. The van der Waals surface area contributed by atoms with E-state index >= 15 is 0 Å². The molecule has 1 saturated heterocycles. The van der Waals surface area contributed by atoms with Gasteiger partial charge in [0.2, 0.25) is 0 Å². The van der Waals surface area contributed by atoms with Crippen LogP contribution in [0.4, 0.5) is 4.79 Å². The van der Waals surface area contributed by atoms with Crippen LogP contribution in [0.15, 0.2) is 18.3 Å². The highest BCUT2D eigenvalue weighted by Gasteiger charge is 2.27. The van der Waals surface area contributed by atoms with Crippen molar-refractivity contribution < 1.29 is 9.53 Å². The van der Waals surface area contributed by atoms with Crippen molar-refractivity contribution in [2.75, 3.05) is 13.1 Å². The molecule has 1 amide bonds. The first-order chi connectivity index (χ1) is 9.89. The molecule has 0 aliphatic carbocycles. The number of piperidine rings is 1. The minimum Gasteiger partial charge on any atom is -0.444 e. The number of amides is 1. The van der Waals surface area contributed by atoms with Crippen LogP contribution in [-0.2, 0) is 11.2 Å². The van der Waals surface area contributed by atoms with Gasteiger partial charge < -0.3 is 9.64 Å². The average molecular weight is 290 g/mol. The normalized spacial score (nSPS) is 16.9. The molecule has 1 fully saturated rings. The lowest BCUT2D eigenvalue weighted by Gasteiger charge is -2.33. The first kappa shape index (κ1) is 15.8. The maximum absolute atomic E-state index is 12.0. The number of carbonyl (C=O) groups is 1. The number of nitrogens with zero attached hydrogens (tertiary/aromatic N) is 2. The average Bonchev–Trinajstić information content (AvgIpc) is 2.46. The van der Waals surface area contributed by atoms with Crippen molar-refractivity contribution in [2.24, 2.45) is 0 Å². The zero-order valence-corrected chi connectivity index (χ0v) is 13.6. The Hall–Kier alpha value is -1.58. The van der Waals surface area contributed by atoms with Crippen LogP contribution in [0.5, 0.6) is 0 Å². The van der Waals surface area contributed by atoms with Gasteiger partial charge in [-0.05, 0) is 57.7 Å². The molecule has 2 heterocycles. The minimum absolute atomic E-state index is 0.198. The highest BCUT2D eigenvalue weighted by Crippen LogP contribution is 2.27. The highest BCUT2D eigenvalue weighted by molar-refractivity contribution is 5.68. The third-order valence-corrected chi connectivity index (χ3v) is 3.82. The van der Waals surface area contributed by atoms with Crippen LogP contribution in [0.3, 0.4) is 0 Å². The van der Waals surface area contributed by atoms with Crippen molar-refractivity contribution in [1.82, 2.24) is 9.88 Å². The molecule has 1 aliphatic rings. The molecule has 0 spiro atoms. The lowest BCUT2D eigenvalue weighted by atomic mass is 9.92. The number of rotatable bonds is 2. The topological polar surface area (TPSA) is 42.4 Å². The highest BCUT2D eigenvalue weighted by atomic mass is 16.6. The number of hydrogen-bond donors (Lipinski definition) is 0. The van der Waals surface area contributed by atoms with Crippen LogP contribution in [0, 0.1) is 0 Å². The molecule has 4 heteroatoms. The van der Waals surface area contributed by atoms with Gasteiger partial charge in [0.05, 0.1) is 0 Å². The number of aryl methyl sites for hydroxylation is 1. The molecule has 0 atom stereocenters. The van der Waals surface area contributed by atoms with Gasteiger partial charge in [0.25, 0.3) is 0 Å². The van der Waals surface area contributed by atoms with Crippen LogP contribution in [-0.4, -0.2) is 34.7 Å². The van der Waals surface area contributed by atoms with Crippen LogP contribution in [0.1, 0.15) is 57.7 Å². The molecule has 1 aliphatic heterocycles. The van der Waals surface area contributed by atoms with E-state index in [-0.39, 0.29) is 6.09 Å². The lowest BCUT2D eigenvalue weighted by Crippen LogP contribution is -2.41. The summed E-state index contributed by atoms with van der Waals surface area (Å²) < 4.78 is 5.43. The molecule has 4 nitrogen and oxygen atoms in total. The summed E-state index contributed by atoms with van der Waals surface area (Å²) in [6, 6.07) is 4.27. The predicted molar refractivity (Wildman–Crippen MR) is 83.4 cm³/mol. The molecule has 116 valence electrons. The number of ether oxygens (including phenoxy) is 1. The van der Waals surface area contributed by atoms with Crippen LogP contribution in [0.25, 0.3) is 0 Å². The second kappa shape index (κ2) is 6.46. The monoisotopic (exact) mass is 290 g/mol. The summed E-state index contributed by atoms with van der Waals surface area (Å²) in [6.45, 7) is 9.35. The molecule has 0 saturated carbocycles.